The standard InChI is InChI=1S/C17H29NO2/c1-5-20-17(3,4)11-6-8-15(2)10-13-19-16-9-7-12-18-14-16/h7,9,12,14-15H,5-6,8,10-11,13H2,1-4H3. The molecule has 1 aromatic rings. The number of aromatic nitrogens is 1. The molecular weight excluding hydrogens is 250 g/mol. The topological polar surface area (TPSA) is 31.4 Å². The zero-order valence-electron chi connectivity index (χ0n) is 13.4. The fourth-order valence-electron chi connectivity index (χ4n) is 2.29. The van der Waals surface area contributed by atoms with Crippen molar-refractivity contribution >= 4 is 0 Å². The molecule has 0 aromatic carbocycles. The SMILES string of the molecule is CCOC(C)(C)CCCC(C)CCOc1cccnc1. The number of rotatable bonds is 10. The molecular formula is C17H29NO2. The fraction of sp³-hybridized carbons (Fsp3) is 0.706. The van der Waals surface area contributed by atoms with Crippen molar-refractivity contribution in [3.05, 3.63) is 24.5 Å². The zero-order chi connectivity index (χ0) is 14.8. The first kappa shape index (κ1) is 17.0. The van der Waals surface area contributed by atoms with E-state index in [2.05, 4.69) is 32.7 Å². The van der Waals surface area contributed by atoms with Crippen molar-refractivity contribution in [1.82, 2.24) is 4.98 Å². The molecule has 1 atom stereocenters. The lowest BCUT2D eigenvalue weighted by atomic mass is 9.95. The van der Waals surface area contributed by atoms with Gasteiger partial charge in [0.05, 0.1) is 18.4 Å². The molecule has 0 fully saturated rings. The Morgan fingerprint density at radius 2 is 2.10 bits per heavy atom. The molecule has 0 radical (unpaired) electrons. The summed E-state index contributed by atoms with van der Waals surface area (Å²) in [7, 11) is 0. The van der Waals surface area contributed by atoms with Crippen LogP contribution in [0.3, 0.4) is 0 Å². The molecule has 114 valence electrons. The maximum absolute atomic E-state index is 5.72. The van der Waals surface area contributed by atoms with Crippen LogP contribution in [-0.4, -0.2) is 23.8 Å². The minimum absolute atomic E-state index is 0.0146. The molecule has 0 saturated carbocycles. The van der Waals surface area contributed by atoms with Gasteiger partial charge in [-0.1, -0.05) is 19.8 Å². The lowest BCUT2D eigenvalue weighted by molar-refractivity contribution is -0.0183. The number of nitrogens with zero attached hydrogens (tertiary/aromatic N) is 1. The van der Waals surface area contributed by atoms with Gasteiger partial charge >= 0.3 is 0 Å². The summed E-state index contributed by atoms with van der Waals surface area (Å²) in [6.45, 7) is 10.3. The third-order valence-corrected chi connectivity index (χ3v) is 3.52. The van der Waals surface area contributed by atoms with E-state index < -0.39 is 0 Å². The Balaban J connectivity index is 2.10. The predicted molar refractivity (Wildman–Crippen MR) is 83.1 cm³/mol. The van der Waals surface area contributed by atoms with Gasteiger partial charge in [-0.25, -0.2) is 0 Å². The van der Waals surface area contributed by atoms with Crippen molar-refractivity contribution in [3.8, 4) is 5.75 Å². The largest absolute Gasteiger partial charge is 0.492 e. The van der Waals surface area contributed by atoms with Gasteiger partial charge in [0.2, 0.25) is 0 Å². The van der Waals surface area contributed by atoms with Gasteiger partial charge in [0.25, 0.3) is 0 Å². The highest BCUT2D eigenvalue weighted by Gasteiger charge is 2.17. The van der Waals surface area contributed by atoms with Gasteiger partial charge in [-0.15, -0.1) is 0 Å². The Morgan fingerprint density at radius 3 is 2.75 bits per heavy atom. The third-order valence-electron chi connectivity index (χ3n) is 3.52. The molecule has 0 aliphatic rings. The minimum atomic E-state index is 0.0146. The number of ether oxygens (including phenoxy) is 2. The molecule has 0 amide bonds. The highest BCUT2D eigenvalue weighted by Crippen LogP contribution is 2.21. The summed E-state index contributed by atoms with van der Waals surface area (Å²) in [4.78, 5) is 4.04. The second kappa shape index (κ2) is 8.96. The second-order valence-corrected chi connectivity index (χ2v) is 6.02. The van der Waals surface area contributed by atoms with Crippen LogP contribution in [0.1, 0.15) is 53.4 Å². The first-order chi connectivity index (χ1) is 9.53. The Bertz CT molecular complexity index is 351. The van der Waals surface area contributed by atoms with E-state index in [4.69, 9.17) is 9.47 Å². The molecule has 1 unspecified atom stereocenters. The molecule has 3 heteroatoms. The van der Waals surface area contributed by atoms with Crippen LogP contribution in [-0.2, 0) is 4.74 Å². The Hall–Kier alpha value is -1.09. The first-order valence-electron chi connectivity index (χ1n) is 7.70. The van der Waals surface area contributed by atoms with Crippen molar-refractivity contribution in [2.24, 2.45) is 5.92 Å². The Labute approximate surface area is 123 Å². The first-order valence-corrected chi connectivity index (χ1v) is 7.70. The highest BCUT2D eigenvalue weighted by molar-refractivity contribution is 5.15. The molecule has 0 spiro atoms. The second-order valence-electron chi connectivity index (χ2n) is 6.02. The molecule has 1 aromatic heterocycles. The van der Waals surface area contributed by atoms with E-state index >= 15 is 0 Å². The molecule has 0 bridgehead atoms. The van der Waals surface area contributed by atoms with Crippen LogP contribution in [0.4, 0.5) is 0 Å². The summed E-state index contributed by atoms with van der Waals surface area (Å²) in [5, 5.41) is 0. The van der Waals surface area contributed by atoms with Crippen LogP contribution >= 0.6 is 0 Å². The molecule has 3 nitrogen and oxygen atoms in total. The molecule has 20 heavy (non-hydrogen) atoms. The van der Waals surface area contributed by atoms with Crippen LogP contribution in [0.15, 0.2) is 24.5 Å². The number of hydrogen-bond acceptors (Lipinski definition) is 3. The van der Waals surface area contributed by atoms with E-state index in [0.717, 1.165) is 31.8 Å². The lowest BCUT2D eigenvalue weighted by Crippen LogP contribution is -2.24. The fourth-order valence-corrected chi connectivity index (χ4v) is 2.29. The van der Waals surface area contributed by atoms with Gasteiger partial charge in [-0.2, -0.15) is 0 Å². The van der Waals surface area contributed by atoms with Gasteiger partial charge < -0.3 is 9.47 Å². The van der Waals surface area contributed by atoms with Gasteiger partial charge in [-0.3, -0.25) is 4.98 Å². The maximum Gasteiger partial charge on any atom is 0.137 e. The third kappa shape index (κ3) is 7.49. The van der Waals surface area contributed by atoms with Gasteiger partial charge in [0, 0.05) is 12.8 Å². The summed E-state index contributed by atoms with van der Waals surface area (Å²) in [5.74, 6) is 1.54. The normalized spacial score (nSPS) is 13.2. The van der Waals surface area contributed by atoms with Gasteiger partial charge in [0.15, 0.2) is 0 Å². The van der Waals surface area contributed by atoms with Crippen LogP contribution in [0, 0.1) is 5.92 Å². The van der Waals surface area contributed by atoms with Crippen molar-refractivity contribution in [1.29, 1.82) is 0 Å². The van der Waals surface area contributed by atoms with E-state index in [1.165, 1.54) is 12.8 Å². The smallest absolute Gasteiger partial charge is 0.137 e. The van der Waals surface area contributed by atoms with Crippen LogP contribution in [0.5, 0.6) is 5.75 Å². The Kier molecular flexibility index (Phi) is 7.60. The molecule has 0 aliphatic carbocycles. The molecule has 1 heterocycles. The van der Waals surface area contributed by atoms with E-state index in [1.54, 1.807) is 12.4 Å². The van der Waals surface area contributed by atoms with Crippen molar-refractivity contribution in [2.75, 3.05) is 13.2 Å². The number of pyridine rings is 1. The molecule has 0 saturated heterocycles. The van der Waals surface area contributed by atoms with E-state index in [0.29, 0.717) is 5.92 Å². The average Bonchev–Trinajstić information content (AvgIpc) is 2.39. The summed E-state index contributed by atoms with van der Waals surface area (Å²) >= 11 is 0. The van der Waals surface area contributed by atoms with Gasteiger partial charge in [0.1, 0.15) is 5.75 Å². The van der Waals surface area contributed by atoms with Crippen molar-refractivity contribution in [3.63, 3.8) is 0 Å². The zero-order valence-corrected chi connectivity index (χ0v) is 13.4. The van der Waals surface area contributed by atoms with Gasteiger partial charge in [-0.05, 0) is 51.7 Å². The van der Waals surface area contributed by atoms with Crippen LogP contribution in [0.25, 0.3) is 0 Å². The Morgan fingerprint density at radius 1 is 1.30 bits per heavy atom. The van der Waals surface area contributed by atoms with E-state index in [9.17, 15) is 0 Å². The molecule has 1 rings (SSSR count). The van der Waals surface area contributed by atoms with Crippen LogP contribution in [0.2, 0.25) is 0 Å². The summed E-state index contributed by atoms with van der Waals surface area (Å²) in [6.07, 6.45) is 8.16. The highest BCUT2D eigenvalue weighted by atomic mass is 16.5. The quantitative estimate of drug-likeness (QED) is 0.633. The maximum atomic E-state index is 5.72. The summed E-state index contributed by atoms with van der Waals surface area (Å²) in [5.41, 5.74) is 0.0146. The minimum Gasteiger partial charge on any atom is -0.492 e. The molecule has 0 aliphatic heterocycles. The molecule has 0 N–H and O–H groups in total. The van der Waals surface area contributed by atoms with Crippen LogP contribution < -0.4 is 4.74 Å². The summed E-state index contributed by atoms with van der Waals surface area (Å²) < 4.78 is 11.4. The monoisotopic (exact) mass is 279 g/mol. The average molecular weight is 279 g/mol. The van der Waals surface area contributed by atoms with E-state index in [1.807, 2.05) is 12.1 Å². The predicted octanol–water partition coefficient (Wildman–Crippen LogP) is 4.47. The van der Waals surface area contributed by atoms with Crippen molar-refractivity contribution in [2.45, 2.75) is 59.0 Å². The summed E-state index contributed by atoms with van der Waals surface area (Å²) in [6, 6.07) is 3.84. The number of hydrogen-bond donors (Lipinski definition) is 0. The lowest BCUT2D eigenvalue weighted by Gasteiger charge is -2.25. The van der Waals surface area contributed by atoms with Crippen molar-refractivity contribution < 1.29 is 9.47 Å². The van der Waals surface area contributed by atoms with E-state index in [-0.39, 0.29) is 5.60 Å².